The van der Waals surface area contributed by atoms with Gasteiger partial charge in [-0.25, -0.2) is 14.4 Å². The quantitative estimate of drug-likeness (QED) is 0.319. The molecule has 1 amide bonds. The third kappa shape index (κ3) is 6.70. The molecule has 0 saturated carbocycles. The monoisotopic (exact) mass is 500 g/mol. The van der Waals surface area contributed by atoms with Gasteiger partial charge in [-0.15, -0.1) is 0 Å². The van der Waals surface area contributed by atoms with Gasteiger partial charge in [-0.3, -0.25) is 4.79 Å². The van der Waals surface area contributed by atoms with Gasteiger partial charge in [-0.1, -0.05) is 11.8 Å². The van der Waals surface area contributed by atoms with E-state index in [0.29, 0.717) is 29.9 Å². The second kappa shape index (κ2) is 11.5. The number of amides is 1. The van der Waals surface area contributed by atoms with Crippen LogP contribution in [0.5, 0.6) is 0 Å². The van der Waals surface area contributed by atoms with Crippen molar-refractivity contribution in [3.8, 4) is 23.0 Å². The van der Waals surface area contributed by atoms with E-state index >= 15 is 0 Å². The molecule has 0 atom stereocenters. The Morgan fingerprint density at radius 2 is 1.56 bits per heavy atom. The van der Waals surface area contributed by atoms with Gasteiger partial charge in [0.1, 0.15) is 5.82 Å². The van der Waals surface area contributed by atoms with E-state index in [9.17, 15) is 17.6 Å². The van der Waals surface area contributed by atoms with Gasteiger partial charge >= 0.3 is 6.18 Å². The molecule has 7 nitrogen and oxygen atoms in total. The Kier molecular flexibility index (Phi) is 8.45. The van der Waals surface area contributed by atoms with Crippen LogP contribution in [0.1, 0.15) is 16.7 Å². The molecule has 4 rings (SSSR count). The summed E-state index contributed by atoms with van der Waals surface area (Å²) in [5, 5.41) is 0. The standard InChI is InChI=1S/C24H21F4N5.CH3NO/c1-32-8-10-33(11-9-32)22-7-5-18(24(26,27)28)13-20(22)19-12-16(4-6-21(19)25)2-3-17-14-30-23(29)31-15-17;2-1-3/h4-7,12-15H,8-11H2,1H3,(H2,29,30,31);1H,(H2,2,3). The molecule has 0 bridgehead atoms. The number of hydrogen-bond acceptors (Lipinski definition) is 6. The molecule has 1 saturated heterocycles. The molecule has 2 heterocycles. The minimum Gasteiger partial charge on any atom is -0.372 e. The van der Waals surface area contributed by atoms with Crippen molar-refractivity contribution in [2.75, 3.05) is 43.9 Å². The first-order chi connectivity index (χ1) is 17.1. The number of halogens is 4. The number of nitrogens with zero attached hydrogens (tertiary/aromatic N) is 4. The number of alkyl halides is 3. The third-order valence-electron chi connectivity index (χ3n) is 5.45. The lowest BCUT2D eigenvalue weighted by atomic mass is 9.97. The van der Waals surface area contributed by atoms with Gasteiger partial charge in [0.05, 0.1) is 11.1 Å². The van der Waals surface area contributed by atoms with E-state index in [1.165, 1.54) is 36.7 Å². The predicted octanol–water partition coefficient (Wildman–Crippen LogP) is 3.14. The topological polar surface area (TPSA) is 101 Å². The molecule has 1 aliphatic rings. The number of carbonyl (C=O) groups excluding carboxylic acids is 1. The number of carbonyl (C=O) groups is 1. The highest BCUT2D eigenvalue weighted by atomic mass is 19.4. The number of nitrogens with two attached hydrogens (primary N) is 2. The van der Waals surface area contributed by atoms with Crippen LogP contribution in [0.15, 0.2) is 48.8 Å². The number of rotatable bonds is 2. The molecule has 0 unspecified atom stereocenters. The Morgan fingerprint density at radius 3 is 2.17 bits per heavy atom. The van der Waals surface area contributed by atoms with Gasteiger partial charge in [-0.05, 0) is 43.4 Å². The van der Waals surface area contributed by atoms with E-state index in [-0.39, 0.29) is 23.5 Å². The molecule has 11 heteroatoms. The van der Waals surface area contributed by atoms with E-state index in [4.69, 9.17) is 10.5 Å². The fourth-order valence-corrected chi connectivity index (χ4v) is 3.61. The molecule has 188 valence electrons. The minimum atomic E-state index is -4.54. The Labute approximate surface area is 205 Å². The van der Waals surface area contributed by atoms with E-state index < -0.39 is 17.6 Å². The molecule has 0 spiro atoms. The summed E-state index contributed by atoms with van der Waals surface area (Å²) in [7, 11) is 1.99. The van der Waals surface area contributed by atoms with Gasteiger partial charge in [0.15, 0.2) is 0 Å². The van der Waals surface area contributed by atoms with Crippen LogP contribution < -0.4 is 16.4 Å². The first-order valence-electron chi connectivity index (χ1n) is 10.8. The number of likely N-dealkylation sites (N-methyl/N-ethyl adjacent to an activating group) is 1. The molecular formula is C25H24F4N6O. The maximum absolute atomic E-state index is 14.9. The van der Waals surface area contributed by atoms with Crippen molar-refractivity contribution in [1.29, 1.82) is 0 Å². The van der Waals surface area contributed by atoms with E-state index in [0.717, 1.165) is 25.2 Å². The van der Waals surface area contributed by atoms with Crippen molar-refractivity contribution >= 4 is 18.0 Å². The second-order valence-electron chi connectivity index (χ2n) is 7.93. The number of hydrogen-bond donors (Lipinski definition) is 2. The zero-order valence-corrected chi connectivity index (χ0v) is 19.4. The van der Waals surface area contributed by atoms with Crippen LogP contribution >= 0.6 is 0 Å². The highest BCUT2D eigenvalue weighted by Gasteiger charge is 2.32. The molecule has 2 aromatic carbocycles. The number of aromatic nitrogens is 2. The summed E-state index contributed by atoms with van der Waals surface area (Å²) < 4.78 is 55.3. The van der Waals surface area contributed by atoms with Crippen LogP contribution in [-0.4, -0.2) is 54.5 Å². The molecular weight excluding hydrogens is 476 g/mol. The summed E-state index contributed by atoms with van der Waals surface area (Å²) in [6.07, 6.45) is -1.38. The smallest absolute Gasteiger partial charge is 0.372 e. The number of nitrogen functional groups attached to an aromatic ring is 1. The van der Waals surface area contributed by atoms with Crippen molar-refractivity contribution in [2.24, 2.45) is 5.73 Å². The molecule has 1 aliphatic heterocycles. The van der Waals surface area contributed by atoms with Crippen LogP contribution in [0.4, 0.5) is 29.2 Å². The number of piperazine rings is 1. The van der Waals surface area contributed by atoms with Gasteiger partial charge < -0.3 is 21.3 Å². The zero-order chi connectivity index (χ0) is 26.3. The summed E-state index contributed by atoms with van der Waals surface area (Å²) in [5.41, 5.74) is 10.6. The van der Waals surface area contributed by atoms with Crippen molar-refractivity contribution in [3.63, 3.8) is 0 Å². The fourth-order valence-electron chi connectivity index (χ4n) is 3.61. The van der Waals surface area contributed by atoms with Crippen LogP contribution in [0.3, 0.4) is 0 Å². The summed E-state index contributed by atoms with van der Waals surface area (Å²) in [6.45, 7) is 2.79. The van der Waals surface area contributed by atoms with E-state index in [1.807, 2.05) is 11.9 Å². The van der Waals surface area contributed by atoms with Crippen molar-refractivity contribution in [1.82, 2.24) is 14.9 Å². The second-order valence-corrected chi connectivity index (χ2v) is 7.93. The van der Waals surface area contributed by atoms with E-state index in [1.54, 1.807) is 0 Å². The highest BCUT2D eigenvalue weighted by molar-refractivity contribution is 5.81. The zero-order valence-electron chi connectivity index (χ0n) is 19.4. The Morgan fingerprint density at radius 1 is 0.944 bits per heavy atom. The van der Waals surface area contributed by atoms with Gasteiger partial charge in [0.2, 0.25) is 12.4 Å². The fraction of sp³-hybridized carbons (Fsp3) is 0.240. The van der Waals surface area contributed by atoms with E-state index in [2.05, 4.69) is 32.4 Å². The SMILES string of the molecule is CN1CCN(c2ccc(C(F)(F)F)cc2-c2cc(C#Cc3cnc(N)nc3)ccc2F)CC1.NC=O. The summed E-state index contributed by atoms with van der Waals surface area (Å²) in [4.78, 5) is 20.4. The lowest BCUT2D eigenvalue weighted by Crippen LogP contribution is -2.44. The molecule has 4 N–H and O–H groups in total. The molecule has 0 radical (unpaired) electrons. The average Bonchev–Trinajstić information content (AvgIpc) is 2.85. The maximum Gasteiger partial charge on any atom is 0.416 e. The van der Waals surface area contributed by atoms with Crippen LogP contribution in [-0.2, 0) is 11.0 Å². The molecule has 1 fully saturated rings. The Balaban J connectivity index is 0.00000115. The predicted molar refractivity (Wildman–Crippen MR) is 129 cm³/mol. The largest absolute Gasteiger partial charge is 0.416 e. The first kappa shape index (κ1) is 26.4. The van der Waals surface area contributed by atoms with Crippen LogP contribution in [0, 0.1) is 17.7 Å². The lowest BCUT2D eigenvalue weighted by molar-refractivity contribution is -0.137. The van der Waals surface area contributed by atoms with Gasteiger partial charge in [0, 0.05) is 61.0 Å². The lowest BCUT2D eigenvalue weighted by Gasteiger charge is -2.35. The molecule has 0 aliphatic carbocycles. The number of anilines is 2. The van der Waals surface area contributed by atoms with Crippen LogP contribution in [0.2, 0.25) is 0 Å². The maximum atomic E-state index is 14.9. The Bertz CT molecular complexity index is 1260. The summed E-state index contributed by atoms with van der Waals surface area (Å²) in [5.74, 6) is 5.24. The van der Waals surface area contributed by atoms with Crippen molar-refractivity contribution < 1.29 is 22.4 Å². The van der Waals surface area contributed by atoms with Gasteiger partial charge in [0.25, 0.3) is 0 Å². The van der Waals surface area contributed by atoms with Crippen molar-refractivity contribution in [2.45, 2.75) is 6.18 Å². The van der Waals surface area contributed by atoms with Crippen LogP contribution in [0.25, 0.3) is 11.1 Å². The summed E-state index contributed by atoms with van der Waals surface area (Å²) >= 11 is 0. The number of benzene rings is 2. The first-order valence-corrected chi connectivity index (χ1v) is 10.8. The highest BCUT2D eigenvalue weighted by Crippen LogP contribution is 2.39. The molecule has 3 aromatic rings. The Hall–Kier alpha value is -4.17. The minimum absolute atomic E-state index is 0.0652. The number of primary amides is 1. The molecule has 36 heavy (non-hydrogen) atoms. The van der Waals surface area contributed by atoms with Gasteiger partial charge in [-0.2, -0.15) is 13.2 Å². The normalized spacial score (nSPS) is 13.8. The third-order valence-corrected chi connectivity index (χ3v) is 5.45. The molecule has 1 aromatic heterocycles. The van der Waals surface area contributed by atoms with Crippen molar-refractivity contribution in [3.05, 3.63) is 71.3 Å². The summed E-state index contributed by atoms with van der Waals surface area (Å²) in [6, 6.07) is 7.64. The average molecular weight is 501 g/mol.